The van der Waals surface area contributed by atoms with Gasteiger partial charge in [0.2, 0.25) is 0 Å². The summed E-state index contributed by atoms with van der Waals surface area (Å²) in [6.45, 7) is 17.6. The number of hydrogen-bond acceptors (Lipinski definition) is 4. The van der Waals surface area contributed by atoms with Crippen LogP contribution >= 0.6 is 11.8 Å². The standard InChI is InChI=1S/C24H39N3S/c1-16-20-19(14-27-13-7-10-24(5,6)15-27)25-17(2)26-22(20)28-21(16)18-8-11-23(3,4)12-9-18/h16,18,21H,7-15H2,1-6H3. The quantitative estimate of drug-likeness (QED) is 0.564. The van der Waals surface area contributed by atoms with E-state index >= 15 is 0 Å². The maximum Gasteiger partial charge on any atom is 0.126 e. The average Bonchev–Trinajstić information content (AvgIpc) is 2.90. The molecule has 4 heteroatoms. The van der Waals surface area contributed by atoms with Crippen LogP contribution in [0.2, 0.25) is 0 Å². The molecule has 0 spiro atoms. The Balaban J connectivity index is 1.53. The first-order valence-electron chi connectivity index (χ1n) is 11.4. The lowest BCUT2D eigenvalue weighted by Gasteiger charge is -2.38. The molecule has 1 aromatic rings. The summed E-state index contributed by atoms with van der Waals surface area (Å²) in [6.07, 6.45) is 8.16. The van der Waals surface area contributed by atoms with E-state index < -0.39 is 0 Å². The molecule has 0 bridgehead atoms. The van der Waals surface area contributed by atoms with Crippen LogP contribution < -0.4 is 0 Å². The van der Waals surface area contributed by atoms with Gasteiger partial charge in [0, 0.05) is 23.9 Å². The Morgan fingerprint density at radius 2 is 1.75 bits per heavy atom. The first kappa shape index (κ1) is 20.7. The summed E-state index contributed by atoms with van der Waals surface area (Å²) in [5.41, 5.74) is 3.77. The monoisotopic (exact) mass is 401 g/mol. The highest BCUT2D eigenvalue weighted by Crippen LogP contribution is 2.53. The molecular weight excluding hydrogens is 362 g/mol. The first-order chi connectivity index (χ1) is 13.1. The molecule has 2 fully saturated rings. The second kappa shape index (κ2) is 7.58. The van der Waals surface area contributed by atoms with Gasteiger partial charge in [0.1, 0.15) is 10.9 Å². The fourth-order valence-electron chi connectivity index (χ4n) is 5.82. The minimum absolute atomic E-state index is 0.432. The van der Waals surface area contributed by atoms with Crippen LogP contribution in [0.1, 0.15) is 96.1 Å². The molecule has 2 aliphatic heterocycles. The molecule has 156 valence electrons. The highest BCUT2D eigenvalue weighted by atomic mass is 32.2. The predicted molar refractivity (Wildman–Crippen MR) is 119 cm³/mol. The average molecular weight is 402 g/mol. The molecule has 1 saturated carbocycles. The molecule has 0 radical (unpaired) electrons. The van der Waals surface area contributed by atoms with Crippen LogP contribution in [-0.4, -0.2) is 33.2 Å². The second-order valence-electron chi connectivity index (χ2n) is 11.3. The van der Waals surface area contributed by atoms with Gasteiger partial charge in [-0.15, -0.1) is 11.8 Å². The molecular formula is C24H39N3S. The zero-order valence-corrected chi connectivity index (χ0v) is 19.7. The van der Waals surface area contributed by atoms with Crippen LogP contribution in [0.25, 0.3) is 0 Å². The number of thioether (sulfide) groups is 1. The van der Waals surface area contributed by atoms with Crippen molar-refractivity contribution in [2.75, 3.05) is 13.1 Å². The fourth-order valence-corrected chi connectivity index (χ4v) is 7.50. The van der Waals surface area contributed by atoms with E-state index in [2.05, 4.69) is 58.2 Å². The zero-order chi connectivity index (χ0) is 20.1. The second-order valence-corrected chi connectivity index (χ2v) is 12.5. The van der Waals surface area contributed by atoms with E-state index in [1.54, 1.807) is 0 Å². The SMILES string of the molecule is Cc1nc(CN2CCCC(C)(C)C2)c2c(n1)SC(C1CCC(C)(C)CC1)C2C. The van der Waals surface area contributed by atoms with Crippen molar-refractivity contribution in [2.45, 2.75) is 103 Å². The summed E-state index contributed by atoms with van der Waals surface area (Å²) in [6, 6.07) is 0. The third kappa shape index (κ3) is 4.28. The van der Waals surface area contributed by atoms with E-state index in [1.807, 2.05) is 0 Å². The molecule has 2 atom stereocenters. The Labute approximate surface area is 176 Å². The lowest BCUT2D eigenvalue weighted by Crippen LogP contribution is -2.40. The van der Waals surface area contributed by atoms with Gasteiger partial charge >= 0.3 is 0 Å². The van der Waals surface area contributed by atoms with Crippen LogP contribution in [0.5, 0.6) is 0 Å². The molecule has 28 heavy (non-hydrogen) atoms. The lowest BCUT2D eigenvalue weighted by atomic mass is 9.70. The van der Waals surface area contributed by atoms with Gasteiger partial charge in [-0.1, -0.05) is 34.6 Å². The third-order valence-electron chi connectivity index (χ3n) is 7.50. The van der Waals surface area contributed by atoms with Gasteiger partial charge in [-0.05, 0) is 74.7 Å². The maximum atomic E-state index is 4.97. The summed E-state index contributed by atoms with van der Waals surface area (Å²) in [5, 5.41) is 1.99. The van der Waals surface area contributed by atoms with Crippen molar-refractivity contribution in [1.29, 1.82) is 0 Å². The van der Waals surface area contributed by atoms with Gasteiger partial charge in [0.25, 0.3) is 0 Å². The normalized spacial score (nSPS) is 30.4. The zero-order valence-electron chi connectivity index (χ0n) is 18.8. The summed E-state index contributed by atoms with van der Waals surface area (Å²) >= 11 is 2.07. The number of piperidine rings is 1. The summed E-state index contributed by atoms with van der Waals surface area (Å²) in [7, 11) is 0. The Kier molecular flexibility index (Phi) is 5.59. The van der Waals surface area contributed by atoms with Gasteiger partial charge in [-0.25, -0.2) is 9.97 Å². The first-order valence-corrected chi connectivity index (χ1v) is 12.3. The summed E-state index contributed by atoms with van der Waals surface area (Å²) in [5.74, 6) is 2.37. The number of hydrogen-bond donors (Lipinski definition) is 0. The lowest BCUT2D eigenvalue weighted by molar-refractivity contribution is 0.110. The molecule has 3 aliphatic rings. The largest absolute Gasteiger partial charge is 0.297 e. The number of aromatic nitrogens is 2. The molecule has 0 aromatic carbocycles. The van der Waals surface area contributed by atoms with E-state index in [1.165, 1.54) is 67.9 Å². The Morgan fingerprint density at radius 1 is 1.04 bits per heavy atom. The van der Waals surface area contributed by atoms with E-state index in [4.69, 9.17) is 9.97 Å². The minimum atomic E-state index is 0.432. The summed E-state index contributed by atoms with van der Waals surface area (Å²) in [4.78, 5) is 12.5. The van der Waals surface area contributed by atoms with Gasteiger partial charge in [-0.2, -0.15) is 0 Å². The topological polar surface area (TPSA) is 29.0 Å². The highest BCUT2D eigenvalue weighted by Gasteiger charge is 2.41. The van der Waals surface area contributed by atoms with Crippen molar-refractivity contribution in [2.24, 2.45) is 16.7 Å². The Morgan fingerprint density at radius 3 is 2.43 bits per heavy atom. The maximum absolute atomic E-state index is 4.97. The van der Waals surface area contributed by atoms with Crippen molar-refractivity contribution < 1.29 is 0 Å². The molecule has 4 rings (SSSR count). The van der Waals surface area contributed by atoms with Crippen molar-refractivity contribution in [1.82, 2.24) is 14.9 Å². The van der Waals surface area contributed by atoms with Crippen molar-refractivity contribution in [3.8, 4) is 0 Å². The molecule has 0 N–H and O–H groups in total. The van der Waals surface area contributed by atoms with Crippen LogP contribution in [0.3, 0.4) is 0 Å². The summed E-state index contributed by atoms with van der Waals surface area (Å²) < 4.78 is 0. The predicted octanol–water partition coefficient (Wildman–Crippen LogP) is 6.20. The molecule has 1 aromatic heterocycles. The van der Waals surface area contributed by atoms with Gasteiger partial charge in [0.15, 0.2) is 0 Å². The molecule has 3 nitrogen and oxygen atoms in total. The van der Waals surface area contributed by atoms with Gasteiger partial charge in [0.05, 0.1) is 5.69 Å². The van der Waals surface area contributed by atoms with Crippen molar-refractivity contribution in [3.63, 3.8) is 0 Å². The number of likely N-dealkylation sites (tertiary alicyclic amines) is 1. The number of rotatable bonds is 3. The smallest absolute Gasteiger partial charge is 0.126 e. The van der Waals surface area contributed by atoms with Crippen LogP contribution in [-0.2, 0) is 6.54 Å². The van der Waals surface area contributed by atoms with Gasteiger partial charge in [-0.3, -0.25) is 4.90 Å². The third-order valence-corrected chi connectivity index (χ3v) is 9.10. The van der Waals surface area contributed by atoms with Crippen molar-refractivity contribution in [3.05, 3.63) is 17.1 Å². The highest BCUT2D eigenvalue weighted by molar-refractivity contribution is 8.00. The number of fused-ring (bicyclic) bond motifs is 1. The van der Waals surface area contributed by atoms with E-state index in [0.29, 0.717) is 22.0 Å². The van der Waals surface area contributed by atoms with Crippen LogP contribution in [0.4, 0.5) is 0 Å². The number of aryl methyl sites for hydroxylation is 1. The molecule has 1 saturated heterocycles. The van der Waals surface area contributed by atoms with Crippen LogP contribution in [0.15, 0.2) is 5.03 Å². The van der Waals surface area contributed by atoms with E-state index in [-0.39, 0.29) is 0 Å². The molecule has 2 unspecified atom stereocenters. The van der Waals surface area contributed by atoms with E-state index in [9.17, 15) is 0 Å². The van der Waals surface area contributed by atoms with Crippen LogP contribution in [0, 0.1) is 23.7 Å². The minimum Gasteiger partial charge on any atom is -0.297 e. The van der Waals surface area contributed by atoms with Crippen molar-refractivity contribution >= 4 is 11.8 Å². The number of nitrogens with zero attached hydrogens (tertiary/aromatic N) is 3. The Hall–Kier alpha value is -0.610. The molecule has 1 aliphatic carbocycles. The molecule has 0 amide bonds. The van der Waals surface area contributed by atoms with Gasteiger partial charge < -0.3 is 0 Å². The molecule has 3 heterocycles. The Bertz CT molecular complexity index is 717. The fraction of sp³-hybridized carbons (Fsp3) is 0.833. The van der Waals surface area contributed by atoms with E-state index in [0.717, 1.165) is 18.3 Å².